The van der Waals surface area contributed by atoms with Gasteiger partial charge in [0.2, 0.25) is 0 Å². The van der Waals surface area contributed by atoms with Gasteiger partial charge in [-0.3, -0.25) is 0 Å². The van der Waals surface area contributed by atoms with Gasteiger partial charge in [-0.1, -0.05) is 18.7 Å². The summed E-state index contributed by atoms with van der Waals surface area (Å²) in [4.78, 5) is 0. The highest BCUT2D eigenvalue weighted by atomic mass is 14.9. The smallest absolute Gasteiger partial charge is 0.00440 e. The average molecular weight is 177 g/mol. The molecule has 0 amide bonds. The molecule has 0 spiro atoms. The molecule has 1 fully saturated rings. The summed E-state index contributed by atoms with van der Waals surface area (Å²) in [5.74, 6) is 1.55. The third kappa shape index (κ3) is 1.86. The standard InChI is InChI=1S/C12H19N/c1-9-5-6-12(9)11-4-3-7-13-10(2)8-11/h5-6,10-13H,1,3-4,7-8H2,2H3. The number of allylic oxidation sites excluding steroid dienone is 3. The highest BCUT2D eigenvalue weighted by Gasteiger charge is 2.27. The third-order valence-electron chi connectivity index (χ3n) is 3.35. The molecule has 0 bridgehead atoms. The average Bonchev–Trinajstić information content (AvgIpc) is 2.27. The maximum atomic E-state index is 4.07. The number of hydrogen-bond donors (Lipinski definition) is 1. The predicted molar refractivity (Wildman–Crippen MR) is 56.6 cm³/mol. The molecule has 3 unspecified atom stereocenters. The highest BCUT2D eigenvalue weighted by molar-refractivity contribution is 5.33. The SMILES string of the molecule is C=C1C=CC1C1CCCNC(C)C1. The summed E-state index contributed by atoms with van der Waals surface area (Å²) >= 11 is 0. The van der Waals surface area contributed by atoms with Crippen LogP contribution in [0, 0.1) is 11.8 Å². The maximum Gasteiger partial charge on any atom is 0.00440 e. The van der Waals surface area contributed by atoms with Crippen molar-refractivity contribution in [1.82, 2.24) is 5.32 Å². The van der Waals surface area contributed by atoms with Gasteiger partial charge in [0, 0.05) is 12.0 Å². The Morgan fingerprint density at radius 3 is 3.00 bits per heavy atom. The fourth-order valence-corrected chi connectivity index (χ4v) is 2.50. The van der Waals surface area contributed by atoms with E-state index in [2.05, 4.69) is 31.0 Å². The first-order chi connectivity index (χ1) is 6.27. The molecule has 2 rings (SSSR count). The van der Waals surface area contributed by atoms with Crippen LogP contribution < -0.4 is 5.32 Å². The molecule has 1 heteroatoms. The Labute approximate surface area is 80.9 Å². The zero-order valence-electron chi connectivity index (χ0n) is 8.42. The molecule has 1 N–H and O–H groups in total. The minimum absolute atomic E-state index is 0.689. The topological polar surface area (TPSA) is 12.0 Å². The van der Waals surface area contributed by atoms with Gasteiger partial charge in [-0.05, 0) is 44.2 Å². The van der Waals surface area contributed by atoms with E-state index >= 15 is 0 Å². The van der Waals surface area contributed by atoms with Crippen LogP contribution in [0.2, 0.25) is 0 Å². The first-order valence-electron chi connectivity index (χ1n) is 5.38. The molecule has 1 nitrogen and oxygen atoms in total. The van der Waals surface area contributed by atoms with E-state index in [0.717, 1.165) is 5.92 Å². The molecule has 0 radical (unpaired) electrons. The monoisotopic (exact) mass is 177 g/mol. The summed E-state index contributed by atoms with van der Waals surface area (Å²) in [6.45, 7) is 7.56. The predicted octanol–water partition coefficient (Wildman–Crippen LogP) is 2.51. The largest absolute Gasteiger partial charge is 0.314 e. The second-order valence-electron chi connectivity index (χ2n) is 4.45. The van der Waals surface area contributed by atoms with Crippen molar-refractivity contribution >= 4 is 0 Å². The van der Waals surface area contributed by atoms with E-state index in [1.807, 2.05) is 0 Å². The summed E-state index contributed by atoms with van der Waals surface area (Å²) in [7, 11) is 0. The lowest BCUT2D eigenvalue weighted by molar-refractivity contribution is 0.360. The van der Waals surface area contributed by atoms with Crippen molar-refractivity contribution in [2.24, 2.45) is 11.8 Å². The fourth-order valence-electron chi connectivity index (χ4n) is 2.50. The van der Waals surface area contributed by atoms with Crippen molar-refractivity contribution in [3.05, 3.63) is 24.3 Å². The minimum Gasteiger partial charge on any atom is -0.314 e. The number of hydrogen-bond acceptors (Lipinski definition) is 1. The lowest BCUT2D eigenvalue weighted by Crippen LogP contribution is -2.28. The molecule has 13 heavy (non-hydrogen) atoms. The van der Waals surface area contributed by atoms with Gasteiger partial charge in [-0.15, -0.1) is 0 Å². The Balaban J connectivity index is 1.97. The van der Waals surface area contributed by atoms with Crippen LogP contribution in [-0.4, -0.2) is 12.6 Å². The van der Waals surface area contributed by atoms with E-state index in [-0.39, 0.29) is 0 Å². The lowest BCUT2D eigenvalue weighted by atomic mass is 9.75. The van der Waals surface area contributed by atoms with Gasteiger partial charge in [0.25, 0.3) is 0 Å². The van der Waals surface area contributed by atoms with Crippen LogP contribution >= 0.6 is 0 Å². The minimum atomic E-state index is 0.689. The molecule has 72 valence electrons. The van der Waals surface area contributed by atoms with Crippen LogP contribution in [0.1, 0.15) is 26.2 Å². The molecule has 0 saturated carbocycles. The maximum absolute atomic E-state index is 4.07. The summed E-state index contributed by atoms with van der Waals surface area (Å²) in [5.41, 5.74) is 1.35. The Bertz CT molecular complexity index is 229. The molecule has 0 aromatic rings. The van der Waals surface area contributed by atoms with Crippen molar-refractivity contribution in [1.29, 1.82) is 0 Å². The molecule has 1 aliphatic heterocycles. The Kier molecular flexibility index (Phi) is 2.54. The van der Waals surface area contributed by atoms with Gasteiger partial charge in [-0.25, -0.2) is 0 Å². The zero-order valence-corrected chi connectivity index (χ0v) is 8.42. The van der Waals surface area contributed by atoms with Crippen molar-refractivity contribution in [3.63, 3.8) is 0 Å². The van der Waals surface area contributed by atoms with Gasteiger partial charge < -0.3 is 5.32 Å². The second-order valence-corrected chi connectivity index (χ2v) is 4.45. The first kappa shape index (κ1) is 9.01. The van der Waals surface area contributed by atoms with E-state index in [1.54, 1.807) is 0 Å². The lowest BCUT2D eigenvalue weighted by Gasteiger charge is -2.30. The molecule has 1 heterocycles. The quantitative estimate of drug-likeness (QED) is 0.649. The van der Waals surface area contributed by atoms with E-state index in [9.17, 15) is 0 Å². The molecular weight excluding hydrogens is 158 g/mol. The van der Waals surface area contributed by atoms with Crippen LogP contribution in [0.15, 0.2) is 24.3 Å². The van der Waals surface area contributed by atoms with Gasteiger partial charge >= 0.3 is 0 Å². The van der Waals surface area contributed by atoms with E-state index in [1.165, 1.54) is 31.4 Å². The zero-order chi connectivity index (χ0) is 9.26. The van der Waals surface area contributed by atoms with Gasteiger partial charge in [0.05, 0.1) is 0 Å². The van der Waals surface area contributed by atoms with E-state index in [0.29, 0.717) is 12.0 Å². The first-order valence-corrected chi connectivity index (χ1v) is 5.38. The number of nitrogens with one attached hydrogen (secondary N) is 1. The molecule has 0 aromatic carbocycles. The van der Waals surface area contributed by atoms with E-state index < -0.39 is 0 Å². The number of rotatable bonds is 1. The Morgan fingerprint density at radius 2 is 2.38 bits per heavy atom. The van der Waals surface area contributed by atoms with E-state index in [4.69, 9.17) is 0 Å². The summed E-state index contributed by atoms with van der Waals surface area (Å²) in [5, 5.41) is 3.54. The van der Waals surface area contributed by atoms with Crippen molar-refractivity contribution in [2.75, 3.05) is 6.54 Å². The summed E-state index contributed by atoms with van der Waals surface area (Å²) in [6.07, 6.45) is 8.49. The normalized spacial score (nSPS) is 39.8. The van der Waals surface area contributed by atoms with Crippen LogP contribution in [0.5, 0.6) is 0 Å². The van der Waals surface area contributed by atoms with Crippen molar-refractivity contribution in [3.8, 4) is 0 Å². The van der Waals surface area contributed by atoms with Crippen LogP contribution in [0.25, 0.3) is 0 Å². The molecule has 3 atom stereocenters. The molecular formula is C12H19N. The Morgan fingerprint density at radius 1 is 1.54 bits per heavy atom. The van der Waals surface area contributed by atoms with Crippen molar-refractivity contribution in [2.45, 2.75) is 32.2 Å². The third-order valence-corrected chi connectivity index (χ3v) is 3.35. The molecule has 0 aromatic heterocycles. The summed E-state index contributed by atoms with van der Waals surface area (Å²) < 4.78 is 0. The molecule has 1 saturated heterocycles. The van der Waals surface area contributed by atoms with Gasteiger partial charge in [0.1, 0.15) is 0 Å². The summed E-state index contributed by atoms with van der Waals surface area (Å²) in [6, 6.07) is 0.689. The second kappa shape index (κ2) is 3.67. The fraction of sp³-hybridized carbons (Fsp3) is 0.667. The van der Waals surface area contributed by atoms with Crippen LogP contribution in [-0.2, 0) is 0 Å². The molecule has 1 aliphatic carbocycles. The molecule has 2 aliphatic rings. The van der Waals surface area contributed by atoms with Gasteiger partial charge in [-0.2, -0.15) is 0 Å². The Hall–Kier alpha value is -0.560. The van der Waals surface area contributed by atoms with Crippen LogP contribution in [0.3, 0.4) is 0 Å². The van der Waals surface area contributed by atoms with Crippen molar-refractivity contribution < 1.29 is 0 Å². The van der Waals surface area contributed by atoms with Crippen LogP contribution in [0.4, 0.5) is 0 Å². The van der Waals surface area contributed by atoms with Gasteiger partial charge in [0.15, 0.2) is 0 Å². The highest BCUT2D eigenvalue weighted by Crippen LogP contribution is 2.36.